The van der Waals surface area contributed by atoms with Crippen molar-refractivity contribution in [3.8, 4) is 0 Å². The molecule has 2 rings (SSSR count). The smallest absolute Gasteiger partial charge is 0.444 e. The molecule has 0 bridgehead atoms. The lowest BCUT2D eigenvalue weighted by Crippen LogP contribution is -2.41. The van der Waals surface area contributed by atoms with Crippen molar-refractivity contribution >= 4 is 24.6 Å². The second kappa shape index (κ2) is 7.17. The van der Waals surface area contributed by atoms with Crippen molar-refractivity contribution in [3.05, 3.63) is 29.3 Å². The highest BCUT2D eigenvalue weighted by molar-refractivity contribution is 6.62. The van der Waals surface area contributed by atoms with Gasteiger partial charge in [-0.2, -0.15) is 0 Å². The maximum absolute atomic E-state index is 11.9. The molecule has 2 amide bonds. The van der Waals surface area contributed by atoms with Gasteiger partial charge < -0.3 is 25.1 Å². The van der Waals surface area contributed by atoms with Crippen LogP contribution in [-0.2, 0) is 20.6 Å². The first-order valence-corrected chi connectivity index (χ1v) is 8.96. The van der Waals surface area contributed by atoms with Crippen LogP contribution in [-0.4, -0.2) is 35.9 Å². The van der Waals surface area contributed by atoms with Crippen molar-refractivity contribution in [1.29, 1.82) is 0 Å². The molecule has 0 radical (unpaired) electrons. The Bertz CT molecular complexity index is 724. The number of ether oxygens (including phenoxy) is 1. The predicted molar refractivity (Wildman–Crippen MR) is 104 cm³/mol. The highest BCUT2D eigenvalue weighted by Gasteiger charge is 2.51. The summed E-state index contributed by atoms with van der Waals surface area (Å²) in [6, 6.07) is 5.11. The number of hydrogen-bond acceptors (Lipinski definition) is 5. The van der Waals surface area contributed by atoms with Crippen LogP contribution in [0.5, 0.6) is 0 Å². The van der Waals surface area contributed by atoms with Gasteiger partial charge in [0.2, 0.25) is 5.91 Å². The average Bonchev–Trinajstić information content (AvgIpc) is 2.71. The SMILES string of the molecule is CC(C)(C)OC(=O)NCc1cc(B2OC(C)(C)C(C)(C)O2)cc(C(N)=O)c1. The van der Waals surface area contributed by atoms with E-state index >= 15 is 0 Å². The lowest BCUT2D eigenvalue weighted by atomic mass is 9.77. The van der Waals surface area contributed by atoms with Crippen LogP contribution in [0.25, 0.3) is 0 Å². The number of benzene rings is 1. The molecule has 1 aliphatic rings. The summed E-state index contributed by atoms with van der Waals surface area (Å²) >= 11 is 0. The maximum atomic E-state index is 11.9. The first-order chi connectivity index (χ1) is 12.2. The fourth-order valence-electron chi connectivity index (χ4n) is 2.57. The molecule has 8 heteroatoms. The second-order valence-corrected chi connectivity index (χ2v) is 8.77. The number of rotatable bonds is 4. The third kappa shape index (κ3) is 5.23. The Morgan fingerprint density at radius 2 is 1.67 bits per heavy atom. The van der Waals surface area contributed by atoms with Gasteiger partial charge in [0.25, 0.3) is 0 Å². The minimum absolute atomic E-state index is 0.183. The van der Waals surface area contributed by atoms with Crippen LogP contribution in [0.4, 0.5) is 4.79 Å². The van der Waals surface area contributed by atoms with Gasteiger partial charge in [-0.05, 0) is 71.6 Å². The predicted octanol–water partition coefficient (Wildman–Crippen LogP) is 2.11. The van der Waals surface area contributed by atoms with Crippen LogP contribution >= 0.6 is 0 Å². The number of carbonyl (C=O) groups excluding carboxylic acids is 2. The summed E-state index contributed by atoms with van der Waals surface area (Å²) in [5, 5.41) is 2.68. The van der Waals surface area contributed by atoms with Gasteiger partial charge in [0.1, 0.15) is 5.60 Å². The number of nitrogens with one attached hydrogen (secondary N) is 1. The van der Waals surface area contributed by atoms with Gasteiger partial charge in [0.05, 0.1) is 11.2 Å². The van der Waals surface area contributed by atoms with E-state index in [1.807, 2.05) is 33.8 Å². The normalized spacial score (nSPS) is 18.3. The van der Waals surface area contributed by atoms with E-state index in [2.05, 4.69) is 5.32 Å². The molecule has 148 valence electrons. The van der Waals surface area contributed by atoms with Gasteiger partial charge in [0, 0.05) is 12.1 Å². The van der Waals surface area contributed by atoms with Crippen molar-refractivity contribution in [2.24, 2.45) is 5.73 Å². The molecule has 3 N–H and O–H groups in total. The minimum atomic E-state index is -0.630. The molecule has 27 heavy (non-hydrogen) atoms. The van der Waals surface area contributed by atoms with Crippen LogP contribution in [0.2, 0.25) is 0 Å². The molecule has 7 nitrogen and oxygen atoms in total. The molecule has 0 saturated carbocycles. The van der Waals surface area contributed by atoms with Crippen molar-refractivity contribution in [3.63, 3.8) is 0 Å². The number of amides is 2. The van der Waals surface area contributed by atoms with Crippen LogP contribution < -0.4 is 16.5 Å². The van der Waals surface area contributed by atoms with Gasteiger partial charge in [0.15, 0.2) is 0 Å². The van der Waals surface area contributed by atoms with Crippen molar-refractivity contribution in [2.45, 2.75) is 71.8 Å². The number of primary amides is 1. The van der Waals surface area contributed by atoms with Crippen LogP contribution in [0.15, 0.2) is 18.2 Å². The highest BCUT2D eigenvalue weighted by Crippen LogP contribution is 2.36. The Kier molecular flexibility index (Phi) is 5.64. The Morgan fingerprint density at radius 3 is 2.15 bits per heavy atom. The zero-order chi connectivity index (χ0) is 20.6. The molecule has 1 heterocycles. The van der Waals surface area contributed by atoms with E-state index in [0.717, 1.165) is 0 Å². The molecule has 1 saturated heterocycles. The summed E-state index contributed by atoms with van der Waals surface area (Å²) in [7, 11) is -0.630. The molecule has 1 aliphatic heterocycles. The van der Waals surface area contributed by atoms with Crippen molar-refractivity contribution < 1.29 is 23.6 Å². The van der Waals surface area contributed by atoms with E-state index in [1.165, 1.54) is 0 Å². The van der Waals surface area contributed by atoms with Gasteiger partial charge in [-0.15, -0.1) is 0 Å². The van der Waals surface area contributed by atoms with E-state index < -0.39 is 35.9 Å². The lowest BCUT2D eigenvalue weighted by molar-refractivity contribution is 0.00578. The van der Waals surface area contributed by atoms with Crippen LogP contribution in [0.3, 0.4) is 0 Å². The van der Waals surface area contributed by atoms with Crippen molar-refractivity contribution in [2.75, 3.05) is 0 Å². The topological polar surface area (TPSA) is 99.9 Å². The first-order valence-electron chi connectivity index (χ1n) is 8.96. The van der Waals surface area contributed by atoms with E-state index in [0.29, 0.717) is 16.6 Å². The van der Waals surface area contributed by atoms with E-state index in [1.54, 1.807) is 32.9 Å². The van der Waals surface area contributed by atoms with E-state index in [9.17, 15) is 9.59 Å². The number of carbonyl (C=O) groups is 2. The number of nitrogens with two attached hydrogens (primary N) is 1. The third-order valence-corrected chi connectivity index (χ3v) is 4.66. The van der Waals surface area contributed by atoms with E-state index in [4.69, 9.17) is 19.8 Å². The van der Waals surface area contributed by atoms with Gasteiger partial charge in [-0.1, -0.05) is 6.07 Å². The Labute approximate surface area is 161 Å². The van der Waals surface area contributed by atoms with E-state index in [-0.39, 0.29) is 6.54 Å². The largest absolute Gasteiger partial charge is 0.494 e. The van der Waals surface area contributed by atoms with Gasteiger partial charge in [-0.3, -0.25) is 4.79 Å². The summed E-state index contributed by atoms with van der Waals surface area (Å²) in [4.78, 5) is 23.6. The number of hydrogen-bond donors (Lipinski definition) is 2. The monoisotopic (exact) mass is 376 g/mol. The second-order valence-electron chi connectivity index (χ2n) is 8.77. The van der Waals surface area contributed by atoms with Crippen LogP contribution in [0.1, 0.15) is 64.4 Å². The Morgan fingerprint density at radius 1 is 1.11 bits per heavy atom. The number of alkyl carbamates (subject to hydrolysis) is 1. The summed E-state index contributed by atoms with van der Waals surface area (Å²) < 4.78 is 17.3. The fraction of sp³-hybridized carbons (Fsp3) is 0.579. The molecular weight excluding hydrogens is 347 g/mol. The molecule has 0 aromatic heterocycles. The molecule has 0 aliphatic carbocycles. The van der Waals surface area contributed by atoms with Crippen molar-refractivity contribution in [1.82, 2.24) is 5.32 Å². The summed E-state index contributed by atoms with van der Waals surface area (Å²) in [5.41, 5.74) is 5.55. The average molecular weight is 376 g/mol. The van der Waals surface area contributed by atoms with Crippen LogP contribution in [0, 0.1) is 0 Å². The Balaban J connectivity index is 2.23. The lowest BCUT2D eigenvalue weighted by Gasteiger charge is -2.32. The molecule has 0 atom stereocenters. The summed E-state index contributed by atoms with van der Waals surface area (Å²) in [6.07, 6.45) is -0.538. The fourth-order valence-corrected chi connectivity index (χ4v) is 2.57. The maximum Gasteiger partial charge on any atom is 0.494 e. The molecule has 1 aromatic rings. The van der Waals surface area contributed by atoms with Gasteiger partial charge >= 0.3 is 13.2 Å². The third-order valence-electron chi connectivity index (χ3n) is 4.66. The molecule has 0 unspecified atom stereocenters. The molecule has 1 aromatic carbocycles. The van der Waals surface area contributed by atoms with Gasteiger partial charge in [-0.25, -0.2) is 4.79 Å². The molecule has 0 spiro atoms. The molecule has 1 fully saturated rings. The minimum Gasteiger partial charge on any atom is -0.444 e. The summed E-state index contributed by atoms with van der Waals surface area (Å²) in [5.74, 6) is -0.563. The quantitative estimate of drug-likeness (QED) is 0.784. The zero-order valence-electron chi connectivity index (χ0n) is 17.1. The summed E-state index contributed by atoms with van der Waals surface area (Å²) in [6.45, 7) is 13.4. The molecular formula is C19H29BN2O5. The zero-order valence-corrected chi connectivity index (χ0v) is 17.1. The standard InChI is InChI=1S/C19H29BN2O5/c1-17(2,3)25-16(24)22-11-12-8-13(15(21)23)10-14(9-12)20-26-18(4,5)19(6,7)27-20/h8-10H,11H2,1-7H3,(H2,21,23)(H,22,24). The Hall–Kier alpha value is -2.06. The highest BCUT2D eigenvalue weighted by atomic mass is 16.7. The first kappa shape index (κ1) is 21.2.